The average molecular weight is 256 g/mol. The molecule has 1 amide bonds. The van der Waals surface area contributed by atoms with E-state index in [2.05, 4.69) is 10.3 Å². The van der Waals surface area contributed by atoms with Crippen LogP contribution in [0.2, 0.25) is 0 Å². The molecule has 92 valence electrons. The monoisotopic (exact) mass is 256 g/mol. The van der Waals surface area contributed by atoms with E-state index in [-0.39, 0.29) is 17.1 Å². The smallest absolute Gasteiger partial charge is 0.288 e. The van der Waals surface area contributed by atoms with Gasteiger partial charge in [-0.2, -0.15) is 11.8 Å². The number of aromatic nitrogens is 1. The summed E-state index contributed by atoms with van der Waals surface area (Å²) in [6.07, 6.45) is 2.93. The van der Waals surface area contributed by atoms with Crippen molar-refractivity contribution in [1.29, 1.82) is 0 Å². The maximum atomic E-state index is 11.7. The Labute approximate surface area is 102 Å². The summed E-state index contributed by atoms with van der Waals surface area (Å²) in [6.45, 7) is 0.474. The second-order valence-corrected chi connectivity index (χ2v) is 4.12. The molecule has 0 atom stereocenters. The number of anilines is 1. The second-order valence-electron chi connectivity index (χ2n) is 3.13. The third-order valence-corrected chi connectivity index (χ3v) is 2.56. The Hall–Kier alpha value is -1.83. The van der Waals surface area contributed by atoms with Crippen molar-refractivity contribution >= 4 is 29.2 Å². The van der Waals surface area contributed by atoms with Crippen molar-refractivity contribution in [3.63, 3.8) is 0 Å². The number of hydrogen-bond donors (Lipinski definition) is 2. The molecule has 0 unspecified atom stereocenters. The second kappa shape index (κ2) is 6.04. The maximum absolute atomic E-state index is 11.7. The number of hydrogen-bond acceptors (Lipinski definition) is 6. The molecular formula is C9H12N4O3S. The highest BCUT2D eigenvalue weighted by molar-refractivity contribution is 7.98. The summed E-state index contributed by atoms with van der Waals surface area (Å²) in [5, 5.41) is 13.1. The van der Waals surface area contributed by atoms with Gasteiger partial charge in [0.1, 0.15) is 12.0 Å². The van der Waals surface area contributed by atoms with Gasteiger partial charge in [0.05, 0.1) is 10.5 Å². The topological polar surface area (TPSA) is 111 Å². The zero-order valence-corrected chi connectivity index (χ0v) is 9.99. The number of nitro groups is 1. The van der Waals surface area contributed by atoms with Crippen LogP contribution in [0.3, 0.4) is 0 Å². The molecule has 0 bridgehead atoms. The molecule has 0 aromatic carbocycles. The van der Waals surface area contributed by atoms with Crippen LogP contribution < -0.4 is 11.1 Å². The van der Waals surface area contributed by atoms with Crippen LogP contribution in [-0.4, -0.2) is 34.4 Å². The van der Waals surface area contributed by atoms with Crippen molar-refractivity contribution in [3.05, 3.63) is 27.9 Å². The molecule has 1 heterocycles. The maximum Gasteiger partial charge on any atom is 0.288 e. The standard InChI is InChI=1S/C9H12N4O3S/c1-17-3-2-11-9(14)7-4-6(13(15)16)5-12-8(7)10/h4-5H,2-3H2,1H3,(H2,10,12)(H,11,14). The first kappa shape index (κ1) is 13.2. The van der Waals surface area contributed by atoms with Crippen LogP contribution in [-0.2, 0) is 0 Å². The van der Waals surface area contributed by atoms with Crippen molar-refractivity contribution < 1.29 is 9.72 Å². The van der Waals surface area contributed by atoms with Gasteiger partial charge in [0.25, 0.3) is 11.6 Å². The van der Waals surface area contributed by atoms with Crippen LogP contribution in [0.25, 0.3) is 0 Å². The van der Waals surface area contributed by atoms with Crippen molar-refractivity contribution in [1.82, 2.24) is 10.3 Å². The largest absolute Gasteiger partial charge is 0.383 e. The summed E-state index contributed by atoms with van der Waals surface area (Å²) in [7, 11) is 0. The lowest BCUT2D eigenvalue weighted by Crippen LogP contribution is -2.26. The number of nitrogens with two attached hydrogens (primary N) is 1. The Morgan fingerprint density at radius 3 is 3.00 bits per heavy atom. The third-order valence-electron chi connectivity index (χ3n) is 1.95. The molecule has 0 radical (unpaired) electrons. The van der Waals surface area contributed by atoms with Gasteiger partial charge in [-0.1, -0.05) is 0 Å². The summed E-state index contributed by atoms with van der Waals surface area (Å²) in [6, 6.07) is 1.12. The quantitative estimate of drug-likeness (QED) is 0.455. The van der Waals surface area contributed by atoms with Gasteiger partial charge >= 0.3 is 0 Å². The summed E-state index contributed by atoms with van der Waals surface area (Å²) < 4.78 is 0. The molecule has 1 aromatic heterocycles. The van der Waals surface area contributed by atoms with Crippen LogP contribution in [0, 0.1) is 10.1 Å². The summed E-state index contributed by atoms with van der Waals surface area (Å²) in [5.74, 6) is 0.290. The van der Waals surface area contributed by atoms with Crippen molar-refractivity contribution in [2.24, 2.45) is 0 Å². The molecule has 0 aliphatic carbocycles. The molecule has 0 aliphatic heterocycles. The van der Waals surface area contributed by atoms with E-state index in [1.807, 2.05) is 6.26 Å². The lowest BCUT2D eigenvalue weighted by Gasteiger charge is -2.05. The lowest BCUT2D eigenvalue weighted by atomic mass is 10.2. The minimum Gasteiger partial charge on any atom is -0.383 e. The van der Waals surface area contributed by atoms with E-state index in [1.165, 1.54) is 0 Å². The Bertz CT molecular complexity index is 438. The van der Waals surface area contributed by atoms with Crippen LogP contribution in [0.5, 0.6) is 0 Å². The van der Waals surface area contributed by atoms with Gasteiger partial charge < -0.3 is 11.1 Å². The van der Waals surface area contributed by atoms with E-state index in [4.69, 9.17) is 5.73 Å². The average Bonchev–Trinajstić information content (AvgIpc) is 2.29. The fraction of sp³-hybridized carbons (Fsp3) is 0.333. The van der Waals surface area contributed by atoms with Crippen LogP contribution in [0.15, 0.2) is 12.3 Å². The number of amides is 1. The van der Waals surface area contributed by atoms with Gasteiger partial charge in [-0.3, -0.25) is 14.9 Å². The van der Waals surface area contributed by atoms with E-state index in [1.54, 1.807) is 11.8 Å². The van der Waals surface area contributed by atoms with E-state index in [0.717, 1.165) is 18.0 Å². The molecule has 1 aromatic rings. The van der Waals surface area contributed by atoms with Gasteiger partial charge in [0, 0.05) is 18.4 Å². The first-order valence-corrected chi connectivity index (χ1v) is 6.12. The van der Waals surface area contributed by atoms with Gasteiger partial charge in [-0.05, 0) is 6.26 Å². The molecular weight excluding hydrogens is 244 g/mol. The first-order chi connectivity index (χ1) is 8.06. The molecule has 8 heteroatoms. The lowest BCUT2D eigenvalue weighted by molar-refractivity contribution is -0.385. The zero-order chi connectivity index (χ0) is 12.8. The van der Waals surface area contributed by atoms with Gasteiger partial charge in [-0.25, -0.2) is 4.98 Å². The van der Waals surface area contributed by atoms with Gasteiger partial charge in [0.2, 0.25) is 0 Å². The molecule has 3 N–H and O–H groups in total. The number of nitrogens with zero attached hydrogens (tertiary/aromatic N) is 2. The number of carbonyl (C=O) groups is 1. The highest BCUT2D eigenvalue weighted by atomic mass is 32.2. The minimum absolute atomic E-state index is 0.0164. The number of nitrogens with one attached hydrogen (secondary N) is 1. The Balaban J connectivity index is 2.84. The van der Waals surface area contributed by atoms with Crippen LogP contribution in [0.1, 0.15) is 10.4 Å². The molecule has 17 heavy (non-hydrogen) atoms. The first-order valence-electron chi connectivity index (χ1n) is 4.73. The predicted octanol–water partition coefficient (Wildman–Crippen LogP) is 0.665. The minimum atomic E-state index is -0.620. The molecule has 0 saturated carbocycles. The predicted molar refractivity (Wildman–Crippen MR) is 66.0 cm³/mol. The molecule has 0 aliphatic rings. The molecule has 1 rings (SSSR count). The molecule has 7 nitrogen and oxygen atoms in total. The highest BCUT2D eigenvalue weighted by Gasteiger charge is 2.15. The zero-order valence-electron chi connectivity index (χ0n) is 9.17. The van der Waals surface area contributed by atoms with E-state index >= 15 is 0 Å². The number of pyridine rings is 1. The van der Waals surface area contributed by atoms with Crippen molar-refractivity contribution in [2.75, 3.05) is 24.3 Å². The van der Waals surface area contributed by atoms with Crippen molar-refractivity contribution in [2.45, 2.75) is 0 Å². The number of rotatable bonds is 5. The van der Waals surface area contributed by atoms with E-state index < -0.39 is 10.8 Å². The Kier molecular flexibility index (Phi) is 4.70. The fourth-order valence-corrected chi connectivity index (χ4v) is 1.41. The SMILES string of the molecule is CSCCNC(=O)c1cc([N+](=O)[O-])cnc1N. The Morgan fingerprint density at radius 2 is 2.41 bits per heavy atom. The summed E-state index contributed by atoms with van der Waals surface area (Å²) >= 11 is 1.58. The number of carbonyl (C=O) groups excluding carboxylic acids is 1. The normalized spacial score (nSPS) is 9.94. The van der Waals surface area contributed by atoms with Gasteiger partial charge in [-0.15, -0.1) is 0 Å². The number of thioether (sulfide) groups is 1. The van der Waals surface area contributed by atoms with Crippen LogP contribution in [0.4, 0.5) is 11.5 Å². The highest BCUT2D eigenvalue weighted by Crippen LogP contribution is 2.16. The molecule has 0 spiro atoms. The Morgan fingerprint density at radius 1 is 1.71 bits per heavy atom. The molecule has 0 saturated heterocycles. The van der Waals surface area contributed by atoms with Gasteiger partial charge in [0.15, 0.2) is 0 Å². The van der Waals surface area contributed by atoms with Crippen LogP contribution >= 0.6 is 11.8 Å². The summed E-state index contributed by atoms with van der Waals surface area (Å²) in [5.41, 5.74) is 5.27. The van der Waals surface area contributed by atoms with E-state index in [0.29, 0.717) is 6.54 Å². The number of nitrogen functional groups attached to an aromatic ring is 1. The molecule has 0 fully saturated rings. The van der Waals surface area contributed by atoms with E-state index in [9.17, 15) is 14.9 Å². The third kappa shape index (κ3) is 3.59. The summed E-state index contributed by atoms with van der Waals surface area (Å²) in [4.78, 5) is 25.2. The van der Waals surface area contributed by atoms with Crippen molar-refractivity contribution in [3.8, 4) is 0 Å². The fourth-order valence-electron chi connectivity index (χ4n) is 1.11.